The van der Waals surface area contributed by atoms with Gasteiger partial charge in [-0.2, -0.15) is 0 Å². The van der Waals surface area contributed by atoms with Crippen molar-refractivity contribution in [3.63, 3.8) is 0 Å². The van der Waals surface area contributed by atoms with Gasteiger partial charge < -0.3 is 15.2 Å². The van der Waals surface area contributed by atoms with Gasteiger partial charge in [0.05, 0.1) is 0 Å². The van der Waals surface area contributed by atoms with Crippen molar-refractivity contribution in [1.29, 1.82) is 0 Å². The van der Waals surface area contributed by atoms with Gasteiger partial charge in [0, 0.05) is 18.7 Å². The molecule has 0 bridgehead atoms. The van der Waals surface area contributed by atoms with Gasteiger partial charge in [-0.25, -0.2) is 0 Å². The average Bonchev–Trinajstić information content (AvgIpc) is 2.98. The lowest BCUT2D eigenvalue weighted by Gasteiger charge is -2.10. The maximum atomic E-state index is 11.7. The highest BCUT2D eigenvalue weighted by Crippen LogP contribution is 2.12. The van der Waals surface area contributed by atoms with Gasteiger partial charge in [0.25, 0.3) is 0 Å². The summed E-state index contributed by atoms with van der Waals surface area (Å²) in [5, 5.41) is 11.5. The predicted molar refractivity (Wildman–Crippen MR) is 71.2 cm³/mol. The monoisotopic (exact) mass is 259 g/mol. The Balaban J connectivity index is 1.84. The van der Waals surface area contributed by atoms with Crippen molar-refractivity contribution in [3.05, 3.63) is 35.4 Å². The van der Waals surface area contributed by atoms with E-state index >= 15 is 0 Å². The maximum absolute atomic E-state index is 11.7. The van der Waals surface area contributed by atoms with E-state index in [1.165, 1.54) is 0 Å². The van der Waals surface area contributed by atoms with E-state index in [1.54, 1.807) is 0 Å². The number of amides is 1. The van der Waals surface area contributed by atoms with E-state index in [2.05, 4.69) is 17.2 Å². The van der Waals surface area contributed by atoms with Crippen LogP contribution in [0.15, 0.2) is 24.3 Å². The van der Waals surface area contributed by atoms with Crippen molar-refractivity contribution in [1.82, 2.24) is 5.32 Å². The van der Waals surface area contributed by atoms with Crippen LogP contribution in [0.3, 0.4) is 0 Å². The number of hydrogen-bond acceptors (Lipinski definition) is 3. The molecule has 1 aromatic rings. The summed E-state index contributed by atoms with van der Waals surface area (Å²) >= 11 is 0. The Hall–Kier alpha value is -1.83. The first kappa shape index (κ1) is 13.6. The minimum Gasteiger partial charge on any atom is -0.384 e. The third-order valence-corrected chi connectivity index (χ3v) is 2.95. The van der Waals surface area contributed by atoms with Crippen molar-refractivity contribution in [3.8, 4) is 11.8 Å². The molecule has 100 valence electrons. The number of nitrogens with one attached hydrogen (secondary N) is 1. The molecule has 0 aromatic heterocycles. The molecule has 1 unspecified atom stereocenters. The minimum atomic E-state index is -0.283. The van der Waals surface area contributed by atoms with Gasteiger partial charge >= 0.3 is 0 Å². The SMILES string of the molecule is O=C(NCc1ccc(C#CCO)cc1)C1CCCO1. The Morgan fingerprint density at radius 1 is 1.42 bits per heavy atom. The molecule has 4 heteroatoms. The van der Waals surface area contributed by atoms with Crippen LogP contribution in [0.4, 0.5) is 0 Å². The maximum Gasteiger partial charge on any atom is 0.249 e. The second kappa shape index (κ2) is 6.93. The highest BCUT2D eigenvalue weighted by molar-refractivity contribution is 5.80. The number of carbonyl (C=O) groups is 1. The summed E-state index contributed by atoms with van der Waals surface area (Å²) < 4.78 is 5.31. The van der Waals surface area contributed by atoms with Crippen molar-refractivity contribution < 1.29 is 14.6 Å². The lowest BCUT2D eigenvalue weighted by Crippen LogP contribution is -2.33. The molecular formula is C15H17NO3. The van der Waals surface area contributed by atoms with Gasteiger partial charge in [-0.3, -0.25) is 4.79 Å². The van der Waals surface area contributed by atoms with Crippen LogP contribution >= 0.6 is 0 Å². The topological polar surface area (TPSA) is 58.6 Å². The summed E-state index contributed by atoms with van der Waals surface area (Å²) in [4.78, 5) is 11.7. The number of ether oxygens (including phenoxy) is 1. The largest absolute Gasteiger partial charge is 0.384 e. The van der Waals surface area contributed by atoms with E-state index in [4.69, 9.17) is 9.84 Å². The molecule has 0 radical (unpaired) electrons. The Bertz CT molecular complexity index is 478. The standard InChI is InChI=1S/C15H17NO3/c17-9-1-3-12-5-7-13(8-6-12)11-16-15(18)14-4-2-10-19-14/h5-8,14,17H,2,4,9-11H2,(H,16,18). The van der Waals surface area contributed by atoms with Crippen LogP contribution in [0.2, 0.25) is 0 Å². The molecule has 1 heterocycles. The number of benzene rings is 1. The van der Waals surface area contributed by atoms with Crippen LogP contribution < -0.4 is 5.32 Å². The number of carbonyl (C=O) groups excluding carboxylic acids is 1. The van der Waals surface area contributed by atoms with Crippen LogP contribution in [0, 0.1) is 11.8 Å². The minimum absolute atomic E-state index is 0.0401. The highest BCUT2D eigenvalue weighted by atomic mass is 16.5. The van der Waals surface area contributed by atoms with E-state index < -0.39 is 0 Å². The number of hydrogen-bond donors (Lipinski definition) is 2. The van der Waals surface area contributed by atoms with Crippen LogP contribution in [-0.2, 0) is 16.1 Å². The fourth-order valence-corrected chi connectivity index (χ4v) is 1.93. The Labute approximate surface area is 112 Å². The predicted octanol–water partition coefficient (Wildman–Crippen LogP) is 0.826. The number of rotatable bonds is 3. The Kier molecular flexibility index (Phi) is 4.96. The van der Waals surface area contributed by atoms with Gasteiger partial charge in [0.2, 0.25) is 5.91 Å². The third kappa shape index (κ3) is 4.09. The average molecular weight is 259 g/mol. The first-order valence-corrected chi connectivity index (χ1v) is 6.37. The first-order valence-electron chi connectivity index (χ1n) is 6.37. The van der Waals surface area contributed by atoms with Gasteiger partial charge in [0.1, 0.15) is 12.7 Å². The second-order valence-corrected chi connectivity index (χ2v) is 4.38. The molecule has 1 atom stereocenters. The van der Waals surface area contributed by atoms with Gasteiger partial charge in [0.15, 0.2) is 0 Å². The Morgan fingerprint density at radius 3 is 2.84 bits per heavy atom. The molecule has 1 saturated heterocycles. The van der Waals surface area contributed by atoms with Crippen molar-refractivity contribution in [2.75, 3.05) is 13.2 Å². The fourth-order valence-electron chi connectivity index (χ4n) is 1.93. The first-order chi connectivity index (χ1) is 9.29. The molecule has 19 heavy (non-hydrogen) atoms. The van der Waals surface area contributed by atoms with E-state index in [-0.39, 0.29) is 18.6 Å². The molecule has 1 aliphatic heterocycles. The van der Waals surface area contributed by atoms with Crippen LogP contribution in [-0.4, -0.2) is 30.3 Å². The highest BCUT2D eigenvalue weighted by Gasteiger charge is 2.22. The molecule has 1 aromatic carbocycles. The zero-order chi connectivity index (χ0) is 13.5. The molecule has 2 rings (SSSR count). The summed E-state index contributed by atoms with van der Waals surface area (Å²) in [7, 11) is 0. The number of aliphatic hydroxyl groups excluding tert-OH is 1. The fraction of sp³-hybridized carbons (Fsp3) is 0.400. The molecule has 0 aliphatic carbocycles. The zero-order valence-electron chi connectivity index (χ0n) is 10.7. The van der Waals surface area contributed by atoms with Gasteiger partial charge in [-0.05, 0) is 30.5 Å². The molecule has 2 N–H and O–H groups in total. The van der Waals surface area contributed by atoms with Crippen LogP contribution in [0.1, 0.15) is 24.0 Å². The summed E-state index contributed by atoms with van der Waals surface area (Å²) in [6.45, 7) is 1.03. The third-order valence-electron chi connectivity index (χ3n) is 2.95. The van der Waals surface area contributed by atoms with E-state index in [0.29, 0.717) is 13.2 Å². The van der Waals surface area contributed by atoms with E-state index in [9.17, 15) is 4.79 Å². The summed E-state index contributed by atoms with van der Waals surface area (Å²) in [5.41, 5.74) is 1.86. The molecule has 0 saturated carbocycles. The zero-order valence-corrected chi connectivity index (χ0v) is 10.7. The van der Waals surface area contributed by atoms with Crippen molar-refractivity contribution in [2.24, 2.45) is 0 Å². The summed E-state index contributed by atoms with van der Waals surface area (Å²) in [6, 6.07) is 7.57. The normalized spacial score (nSPS) is 17.6. The summed E-state index contributed by atoms with van der Waals surface area (Å²) in [6.07, 6.45) is 1.48. The lowest BCUT2D eigenvalue weighted by atomic mass is 10.1. The molecule has 1 fully saturated rings. The van der Waals surface area contributed by atoms with Crippen molar-refractivity contribution in [2.45, 2.75) is 25.5 Å². The Morgan fingerprint density at radius 2 is 2.21 bits per heavy atom. The van der Waals surface area contributed by atoms with Gasteiger partial charge in [-0.15, -0.1) is 0 Å². The molecular weight excluding hydrogens is 242 g/mol. The number of aliphatic hydroxyl groups is 1. The quantitative estimate of drug-likeness (QED) is 0.790. The summed E-state index contributed by atoms with van der Waals surface area (Å²) in [5.74, 6) is 5.37. The lowest BCUT2D eigenvalue weighted by molar-refractivity contribution is -0.130. The van der Waals surface area contributed by atoms with E-state index in [0.717, 1.165) is 24.0 Å². The second-order valence-electron chi connectivity index (χ2n) is 4.38. The van der Waals surface area contributed by atoms with Crippen LogP contribution in [0.5, 0.6) is 0 Å². The molecule has 1 amide bonds. The molecule has 4 nitrogen and oxygen atoms in total. The molecule has 0 spiro atoms. The van der Waals surface area contributed by atoms with E-state index in [1.807, 2.05) is 24.3 Å². The van der Waals surface area contributed by atoms with Gasteiger partial charge in [-0.1, -0.05) is 24.0 Å². The molecule has 1 aliphatic rings. The van der Waals surface area contributed by atoms with Crippen molar-refractivity contribution >= 4 is 5.91 Å². The smallest absolute Gasteiger partial charge is 0.249 e. The van der Waals surface area contributed by atoms with Crippen LogP contribution in [0.25, 0.3) is 0 Å².